The van der Waals surface area contributed by atoms with Crippen molar-refractivity contribution in [3.05, 3.63) is 61.6 Å². The van der Waals surface area contributed by atoms with Gasteiger partial charge in [-0.2, -0.15) is 0 Å². The maximum atomic E-state index is 13.3. The molecule has 2 aromatic rings. The molecule has 1 heterocycles. The molecule has 0 aliphatic rings. The fraction of sp³-hybridized carbons (Fsp3) is 0.0833. The molecule has 0 aliphatic carbocycles. The predicted molar refractivity (Wildman–Crippen MR) is 67.6 cm³/mol. The largest absolute Gasteiger partial charge is 0.333 e. The van der Waals surface area contributed by atoms with E-state index in [9.17, 15) is 18.8 Å². The molecule has 0 saturated heterocycles. The Kier molecular flexibility index (Phi) is 3.35. The Labute approximate surface area is 111 Å². The van der Waals surface area contributed by atoms with Crippen LogP contribution in [-0.4, -0.2) is 15.3 Å². The summed E-state index contributed by atoms with van der Waals surface area (Å²) in [6.07, 6.45) is 1.03. The highest BCUT2D eigenvalue weighted by atomic mass is 35.5. The van der Waals surface area contributed by atoms with Gasteiger partial charge in [-0.15, -0.1) is 0 Å². The Hall–Kier alpha value is -2.21. The van der Waals surface area contributed by atoms with Gasteiger partial charge in [-0.05, 0) is 25.1 Å². The molecule has 0 spiro atoms. The van der Waals surface area contributed by atoms with E-state index in [0.717, 1.165) is 18.3 Å². The number of ketones is 1. The van der Waals surface area contributed by atoms with Crippen molar-refractivity contribution in [2.75, 3.05) is 0 Å². The summed E-state index contributed by atoms with van der Waals surface area (Å²) in [5, 5.41) is 0.0366. The lowest BCUT2D eigenvalue weighted by Gasteiger charge is -2.06. The lowest BCUT2D eigenvalue weighted by Crippen LogP contribution is -2.36. The molecule has 0 saturated carbocycles. The first kappa shape index (κ1) is 13.2. The number of carbonyl (C=O) groups is 1. The number of carbonyl (C=O) groups excluding carboxylic acids is 1. The quantitative estimate of drug-likeness (QED) is 0.849. The zero-order chi connectivity index (χ0) is 14.2. The summed E-state index contributed by atoms with van der Waals surface area (Å²) in [6.45, 7) is 1.19. The van der Waals surface area contributed by atoms with Gasteiger partial charge < -0.3 is 4.98 Å². The van der Waals surface area contributed by atoms with Gasteiger partial charge >= 0.3 is 5.69 Å². The molecule has 0 radical (unpaired) electrons. The molecule has 2 rings (SSSR count). The van der Waals surface area contributed by atoms with Gasteiger partial charge in [0.2, 0.25) is 0 Å². The number of hydrogen-bond donors (Lipinski definition) is 1. The van der Waals surface area contributed by atoms with Gasteiger partial charge in [0, 0.05) is 11.2 Å². The predicted octanol–water partition coefficient (Wildman–Crippen LogP) is 1.52. The second kappa shape index (κ2) is 4.81. The summed E-state index contributed by atoms with van der Waals surface area (Å²) < 4.78 is 13.9. The van der Waals surface area contributed by atoms with E-state index >= 15 is 0 Å². The van der Waals surface area contributed by atoms with Gasteiger partial charge in [-0.25, -0.2) is 13.8 Å². The molecule has 1 aromatic carbocycles. The highest BCUT2D eigenvalue weighted by molar-refractivity contribution is 6.30. The van der Waals surface area contributed by atoms with Crippen molar-refractivity contribution >= 4 is 17.4 Å². The number of H-pyrrole nitrogens is 1. The van der Waals surface area contributed by atoms with Gasteiger partial charge in [-0.1, -0.05) is 11.6 Å². The SMILES string of the molecule is CC(=O)c1c[nH]c(=O)n(-c2cc(F)cc(Cl)c2)c1=O. The normalized spacial score (nSPS) is 10.5. The molecule has 0 amide bonds. The van der Waals surface area contributed by atoms with E-state index in [1.807, 2.05) is 0 Å². The van der Waals surface area contributed by atoms with Crippen LogP contribution in [0, 0.1) is 5.82 Å². The molecule has 0 aliphatic heterocycles. The maximum absolute atomic E-state index is 13.3. The lowest BCUT2D eigenvalue weighted by molar-refractivity contribution is 0.101. The van der Waals surface area contributed by atoms with Crippen LogP contribution in [-0.2, 0) is 0 Å². The first-order valence-corrected chi connectivity index (χ1v) is 5.60. The van der Waals surface area contributed by atoms with Crippen LogP contribution in [0.4, 0.5) is 4.39 Å². The van der Waals surface area contributed by atoms with Gasteiger partial charge in [0.25, 0.3) is 5.56 Å². The number of nitrogens with one attached hydrogen (secondary N) is 1. The Morgan fingerprint density at radius 3 is 2.58 bits per heavy atom. The van der Waals surface area contributed by atoms with Crippen LogP contribution in [0.5, 0.6) is 0 Å². The molecular formula is C12H8ClFN2O3. The van der Waals surface area contributed by atoms with Gasteiger partial charge in [0.05, 0.1) is 11.3 Å². The third kappa shape index (κ3) is 2.48. The van der Waals surface area contributed by atoms with Crippen molar-refractivity contribution in [3.8, 4) is 5.69 Å². The first-order valence-electron chi connectivity index (χ1n) is 5.22. The fourth-order valence-electron chi connectivity index (χ4n) is 1.63. The Balaban J connectivity index is 2.82. The summed E-state index contributed by atoms with van der Waals surface area (Å²) in [7, 11) is 0. The van der Waals surface area contributed by atoms with E-state index in [1.165, 1.54) is 13.0 Å². The zero-order valence-electron chi connectivity index (χ0n) is 9.74. The molecule has 0 unspecified atom stereocenters. The topological polar surface area (TPSA) is 71.9 Å². The third-order valence-electron chi connectivity index (χ3n) is 2.46. The van der Waals surface area contributed by atoms with E-state index in [-0.39, 0.29) is 16.3 Å². The number of benzene rings is 1. The van der Waals surface area contributed by atoms with Crippen LogP contribution in [0.25, 0.3) is 5.69 Å². The summed E-state index contributed by atoms with van der Waals surface area (Å²) in [5.74, 6) is -1.19. The summed E-state index contributed by atoms with van der Waals surface area (Å²) in [5.41, 5.74) is -1.84. The fourth-order valence-corrected chi connectivity index (χ4v) is 1.84. The minimum absolute atomic E-state index is 0.0366. The maximum Gasteiger partial charge on any atom is 0.333 e. The van der Waals surface area contributed by atoms with Gasteiger partial charge in [0.15, 0.2) is 5.78 Å². The third-order valence-corrected chi connectivity index (χ3v) is 2.68. The number of nitrogens with zero attached hydrogens (tertiary/aromatic N) is 1. The molecular weight excluding hydrogens is 275 g/mol. The molecule has 19 heavy (non-hydrogen) atoms. The molecule has 0 fully saturated rings. The summed E-state index contributed by atoms with van der Waals surface area (Å²) in [4.78, 5) is 37.2. The number of halogens is 2. The van der Waals surface area contributed by atoms with E-state index in [4.69, 9.17) is 11.6 Å². The lowest BCUT2D eigenvalue weighted by atomic mass is 10.2. The van der Waals surface area contributed by atoms with Crippen LogP contribution in [0.15, 0.2) is 34.0 Å². The second-order valence-corrected chi connectivity index (χ2v) is 4.27. The van der Waals surface area contributed by atoms with E-state index < -0.39 is 22.8 Å². The average molecular weight is 283 g/mol. The van der Waals surface area contributed by atoms with Crippen LogP contribution < -0.4 is 11.2 Å². The number of Topliss-reactive ketones (excluding diaryl/α,β-unsaturated/α-hetero) is 1. The molecule has 0 atom stereocenters. The van der Waals surface area contributed by atoms with Crippen LogP contribution in [0.1, 0.15) is 17.3 Å². The van der Waals surface area contributed by atoms with Gasteiger partial charge in [0.1, 0.15) is 5.82 Å². The number of hydrogen-bond acceptors (Lipinski definition) is 3. The van der Waals surface area contributed by atoms with E-state index in [2.05, 4.69) is 4.98 Å². The van der Waals surface area contributed by atoms with E-state index in [1.54, 1.807) is 0 Å². The van der Waals surface area contributed by atoms with Crippen molar-refractivity contribution < 1.29 is 9.18 Å². The molecule has 0 bridgehead atoms. The monoisotopic (exact) mass is 282 g/mol. The minimum Gasteiger partial charge on any atom is -0.313 e. The van der Waals surface area contributed by atoms with Crippen molar-refractivity contribution in [2.45, 2.75) is 6.92 Å². The smallest absolute Gasteiger partial charge is 0.313 e. The van der Waals surface area contributed by atoms with Crippen LogP contribution in [0.2, 0.25) is 5.02 Å². The number of aromatic nitrogens is 2. The summed E-state index contributed by atoms with van der Waals surface area (Å²) >= 11 is 5.67. The summed E-state index contributed by atoms with van der Waals surface area (Å²) in [6, 6.07) is 3.27. The zero-order valence-corrected chi connectivity index (χ0v) is 10.5. The Bertz CT molecular complexity index is 759. The minimum atomic E-state index is -0.821. The molecule has 5 nitrogen and oxygen atoms in total. The van der Waals surface area contributed by atoms with Crippen LogP contribution in [0.3, 0.4) is 0 Å². The first-order chi connectivity index (χ1) is 8.90. The number of rotatable bonds is 2. The average Bonchev–Trinajstić information content (AvgIpc) is 2.26. The standard InChI is InChI=1S/C12H8ClFN2O3/c1-6(17)10-5-15-12(19)16(11(10)18)9-3-7(13)2-8(14)4-9/h2-5H,1H3,(H,15,19). The van der Waals surface area contributed by atoms with Crippen molar-refractivity contribution in [2.24, 2.45) is 0 Å². The van der Waals surface area contributed by atoms with Gasteiger partial charge in [-0.3, -0.25) is 9.59 Å². The highest BCUT2D eigenvalue weighted by Gasteiger charge is 2.13. The Morgan fingerprint density at radius 1 is 1.32 bits per heavy atom. The Morgan fingerprint density at radius 2 is 2.00 bits per heavy atom. The molecule has 98 valence electrons. The second-order valence-electron chi connectivity index (χ2n) is 3.83. The molecule has 1 N–H and O–H groups in total. The van der Waals surface area contributed by atoms with Crippen molar-refractivity contribution in [1.29, 1.82) is 0 Å². The van der Waals surface area contributed by atoms with Crippen molar-refractivity contribution in [3.63, 3.8) is 0 Å². The highest BCUT2D eigenvalue weighted by Crippen LogP contribution is 2.15. The van der Waals surface area contributed by atoms with E-state index in [0.29, 0.717) is 4.57 Å². The van der Waals surface area contributed by atoms with Crippen LogP contribution >= 0.6 is 11.6 Å². The molecule has 1 aromatic heterocycles. The number of aromatic amines is 1. The molecule has 7 heteroatoms. The van der Waals surface area contributed by atoms with Crippen molar-refractivity contribution in [1.82, 2.24) is 9.55 Å².